The summed E-state index contributed by atoms with van der Waals surface area (Å²) in [5.74, 6) is 0.516. The lowest BCUT2D eigenvalue weighted by Crippen LogP contribution is -2.46. The van der Waals surface area contributed by atoms with Crippen LogP contribution in [-0.4, -0.2) is 32.5 Å². The third-order valence-electron chi connectivity index (χ3n) is 8.64. The third kappa shape index (κ3) is 3.58. The van der Waals surface area contributed by atoms with Crippen LogP contribution in [0.5, 0.6) is 5.75 Å². The number of hydrogen-bond donors (Lipinski definition) is 5. The molecule has 2 atom stereocenters. The molecule has 2 aliphatic rings. The largest absolute Gasteiger partial charge is 0.487 e. The monoisotopic (exact) mass is 620 g/mol. The molecule has 6 aromatic rings. The first kappa shape index (κ1) is 24.9. The summed E-state index contributed by atoms with van der Waals surface area (Å²) in [4.78, 5) is 41.4. The standard InChI is InChI=1S/C32H25BrN6O3/c1-16-19-9-10-24(42-14-17-5-3-2-4-6-17)28-25(19)22(13-35-28)26-29(32(16)15-36-31(41)39-32)37-27(30(40)38-26)21-12-34-23-11-18(33)7-8-20(21)23/h2-13,16,34-35H,14-15H2,1H3,(H,38,40)(H2,36,39,41)/t16-,32-/m1/s1. The van der Waals surface area contributed by atoms with E-state index in [2.05, 4.69) is 54.5 Å². The average Bonchev–Trinajstić information content (AvgIpc) is 3.72. The van der Waals surface area contributed by atoms with Crippen LogP contribution in [0.4, 0.5) is 4.79 Å². The summed E-state index contributed by atoms with van der Waals surface area (Å²) in [6, 6.07) is 19.6. The Bertz CT molecular complexity index is 2110. The lowest BCUT2D eigenvalue weighted by Gasteiger charge is -2.34. The van der Waals surface area contributed by atoms with E-state index in [9.17, 15) is 9.59 Å². The minimum Gasteiger partial charge on any atom is -0.487 e. The van der Waals surface area contributed by atoms with Gasteiger partial charge in [0.1, 0.15) is 23.6 Å². The number of nitrogens with one attached hydrogen (secondary N) is 5. The summed E-state index contributed by atoms with van der Waals surface area (Å²) >= 11 is 3.51. The van der Waals surface area contributed by atoms with Gasteiger partial charge in [0.15, 0.2) is 0 Å². The highest BCUT2D eigenvalue weighted by molar-refractivity contribution is 9.10. The minimum atomic E-state index is -0.897. The summed E-state index contributed by atoms with van der Waals surface area (Å²) in [6.07, 6.45) is 3.69. The molecule has 208 valence electrons. The Hall–Kier alpha value is -4.83. The van der Waals surface area contributed by atoms with Crippen molar-refractivity contribution >= 4 is 43.8 Å². The fourth-order valence-electron chi connectivity index (χ4n) is 6.49. The first-order valence-electron chi connectivity index (χ1n) is 13.7. The number of carbonyl (C=O) groups is 1. The quantitative estimate of drug-likeness (QED) is 0.165. The third-order valence-corrected chi connectivity index (χ3v) is 9.13. The molecule has 0 saturated carbocycles. The van der Waals surface area contributed by atoms with E-state index in [1.807, 2.05) is 60.8 Å². The van der Waals surface area contributed by atoms with Crippen LogP contribution in [0.3, 0.4) is 0 Å². The Balaban J connectivity index is 1.34. The second-order valence-electron chi connectivity index (χ2n) is 10.9. The van der Waals surface area contributed by atoms with Crippen molar-refractivity contribution in [2.45, 2.75) is 25.0 Å². The molecule has 2 amide bonds. The number of H-pyrrole nitrogens is 3. The van der Waals surface area contributed by atoms with Crippen LogP contribution in [0.1, 0.15) is 29.7 Å². The van der Waals surface area contributed by atoms with Crippen LogP contribution in [0.15, 0.2) is 82.3 Å². The molecule has 0 unspecified atom stereocenters. The molecule has 10 heteroatoms. The molecule has 1 saturated heterocycles. The maximum atomic E-state index is 13.8. The van der Waals surface area contributed by atoms with Gasteiger partial charge in [0.2, 0.25) is 0 Å². The first-order chi connectivity index (χ1) is 20.4. The van der Waals surface area contributed by atoms with Crippen LogP contribution in [0.2, 0.25) is 0 Å². The van der Waals surface area contributed by atoms with Crippen LogP contribution in [0.25, 0.3) is 44.3 Å². The molecule has 1 spiro atoms. The number of amides is 2. The van der Waals surface area contributed by atoms with E-state index in [4.69, 9.17) is 9.72 Å². The average molecular weight is 621 g/mol. The Morgan fingerprint density at radius 2 is 1.86 bits per heavy atom. The van der Waals surface area contributed by atoms with Gasteiger partial charge >= 0.3 is 6.03 Å². The molecule has 3 aromatic carbocycles. The van der Waals surface area contributed by atoms with Crippen LogP contribution in [-0.2, 0) is 12.1 Å². The highest BCUT2D eigenvalue weighted by atomic mass is 79.9. The number of nitrogens with zero attached hydrogens (tertiary/aromatic N) is 1. The zero-order valence-corrected chi connectivity index (χ0v) is 24.1. The molecule has 1 fully saturated rings. The van der Waals surface area contributed by atoms with Gasteiger partial charge in [-0.05, 0) is 29.3 Å². The predicted molar refractivity (Wildman–Crippen MR) is 165 cm³/mol. The van der Waals surface area contributed by atoms with Crippen molar-refractivity contribution < 1.29 is 9.53 Å². The van der Waals surface area contributed by atoms with Crippen LogP contribution >= 0.6 is 15.9 Å². The second-order valence-corrected chi connectivity index (χ2v) is 11.8. The number of aromatic amines is 3. The normalized spacial score (nSPS) is 19.1. The lowest BCUT2D eigenvalue weighted by molar-refractivity contribution is 0.241. The number of fused-ring (bicyclic) bond motifs is 4. The summed E-state index contributed by atoms with van der Waals surface area (Å²) in [5.41, 5.74) is 5.57. The lowest BCUT2D eigenvalue weighted by atomic mass is 9.78. The summed E-state index contributed by atoms with van der Waals surface area (Å²) in [5, 5.41) is 7.97. The maximum Gasteiger partial charge on any atom is 0.315 e. The summed E-state index contributed by atoms with van der Waals surface area (Å²) in [7, 11) is 0. The van der Waals surface area contributed by atoms with E-state index >= 15 is 0 Å². The van der Waals surface area contributed by atoms with Crippen molar-refractivity contribution in [3.8, 4) is 28.3 Å². The van der Waals surface area contributed by atoms with Gasteiger partial charge in [0.25, 0.3) is 5.56 Å². The van der Waals surface area contributed by atoms with Crippen molar-refractivity contribution in [3.05, 3.63) is 105 Å². The van der Waals surface area contributed by atoms with Crippen molar-refractivity contribution in [2.75, 3.05) is 6.54 Å². The van der Waals surface area contributed by atoms with Crippen molar-refractivity contribution in [2.24, 2.45) is 0 Å². The molecular formula is C32H25BrN6O3. The van der Waals surface area contributed by atoms with E-state index in [0.717, 1.165) is 43.0 Å². The molecule has 1 aliphatic heterocycles. The van der Waals surface area contributed by atoms with Crippen LogP contribution in [0, 0.1) is 0 Å². The van der Waals surface area contributed by atoms with Gasteiger partial charge in [-0.2, -0.15) is 0 Å². The smallest absolute Gasteiger partial charge is 0.315 e. The van der Waals surface area contributed by atoms with Crippen molar-refractivity contribution in [3.63, 3.8) is 0 Å². The number of aromatic nitrogens is 4. The van der Waals surface area contributed by atoms with E-state index < -0.39 is 5.54 Å². The highest BCUT2D eigenvalue weighted by Crippen LogP contribution is 2.50. The molecule has 4 heterocycles. The Morgan fingerprint density at radius 3 is 2.67 bits per heavy atom. The summed E-state index contributed by atoms with van der Waals surface area (Å²) < 4.78 is 7.21. The molecule has 1 aliphatic carbocycles. The van der Waals surface area contributed by atoms with E-state index in [-0.39, 0.29) is 17.5 Å². The fourth-order valence-corrected chi connectivity index (χ4v) is 6.85. The summed E-state index contributed by atoms with van der Waals surface area (Å²) in [6.45, 7) is 2.83. The van der Waals surface area contributed by atoms with Gasteiger partial charge < -0.3 is 30.3 Å². The number of halogens is 1. The number of benzene rings is 3. The Labute approximate surface area is 247 Å². The van der Waals surface area contributed by atoms with Crippen molar-refractivity contribution in [1.82, 2.24) is 30.6 Å². The molecule has 9 nitrogen and oxygen atoms in total. The van der Waals surface area contributed by atoms with E-state index in [1.165, 1.54) is 0 Å². The molecule has 3 aromatic heterocycles. The molecule has 0 bridgehead atoms. The Kier molecular flexibility index (Phi) is 5.39. The molecule has 42 heavy (non-hydrogen) atoms. The second kappa shape index (κ2) is 9.09. The van der Waals surface area contributed by atoms with Crippen molar-refractivity contribution in [1.29, 1.82) is 0 Å². The number of hydrogen-bond acceptors (Lipinski definition) is 4. The molecule has 5 N–H and O–H groups in total. The minimum absolute atomic E-state index is 0.192. The zero-order valence-electron chi connectivity index (χ0n) is 22.5. The topological polar surface area (TPSA) is 128 Å². The van der Waals surface area contributed by atoms with Gasteiger partial charge in [0, 0.05) is 56.7 Å². The Morgan fingerprint density at radius 1 is 1.02 bits per heavy atom. The van der Waals surface area contributed by atoms with Gasteiger partial charge in [-0.15, -0.1) is 0 Å². The molecule has 8 rings (SSSR count). The fraction of sp³-hybridized carbons (Fsp3) is 0.156. The van der Waals surface area contributed by atoms with Gasteiger partial charge in [-0.3, -0.25) is 4.79 Å². The highest BCUT2D eigenvalue weighted by Gasteiger charge is 2.50. The predicted octanol–water partition coefficient (Wildman–Crippen LogP) is 6.03. The van der Waals surface area contributed by atoms with Crippen LogP contribution < -0.4 is 20.9 Å². The number of rotatable bonds is 4. The maximum absolute atomic E-state index is 13.8. The molecular weight excluding hydrogens is 596 g/mol. The van der Waals surface area contributed by atoms with E-state index in [1.54, 1.807) is 6.20 Å². The van der Waals surface area contributed by atoms with Gasteiger partial charge in [-0.25, -0.2) is 9.78 Å². The zero-order chi connectivity index (χ0) is 28.6. The van der Waals surface area contributed by atoms with Gasteiger partial charge in [-0.1, -0.05) is 65.3 Å². The molecule has 0 radical (unpaired) electrons. The number of ether oxygens (including phenoxy) is 1. The number of urea groups is 1. The number of carbonyl (C=O) groups excluding carboxylic acids is 1. The van der Waals surface area contributed by atoms with E-state index in [0.29, 0.717) is 41.5 Å². The van der Waals surface area contributed by atoms with Gasteiger partial charge in [0.05, 0.1) is 16.9 Å². The first-order valence-corrected chi connectivity index (χ1v) is 14.5. The SMILES string of the molecule is C[C@@H]1c2ccc(OCc3ccccc3)c3[nH]cc(c23)-c2[nH]c(=O)c(-c3c[nH]c4cc(Br)ccc34)nc2[C@@]12CNC(=O)N2.